The van der Waals surface area contributed by atoms with Gasteiger partial charge in [0.2, 0.25) is 0 Å². The number of aliphatic imine (C=N–C) groups is 2. The molecule has 0 fully saturated rings. The normalized spacial score (nSPS) is 13.0. The van der Waals surface area contributed by atoms with E-state index in [1.54, 1.807) is 12.7 Å². The summed E-state index contributed by atoms with van der Waals surface area (Å²) in [6.45, 7) is 0.510. The molecule has 51 heavy (non-hydrogen) atoms. The van der Waals surface area contributed by atoms with Gasteiger partial charge in [-0.05, 0) is 24.3 Å². The van der Waals surface area contributed by atoms with E-state index >= 15 is 0 Å². The SMILES string of the molecule is [B]c1ccc2c(c1)C(c1ccccc1)=NCc1c(C(=O)OCCCOC(=O)c3ncn4c3CN=C(c3ccccc3)c3cc(Br)ccc3-4)ncn1-2. The molecule has 0 saturated carbocycles. The van der Waals surface area contributed by atoms with Crippen molar-refractivity contribution < 1.29 is 19.1 Å². The molecular weight excluding hydrogens is 707 g/mol. The molecule has 4 aromatic carbocycles. The van der Waals surface area contributed by atoms with Gasteiger partial charge >= 0.3 is 11.9 Å². The third kappa shape index (κ3) is 6.23. The number of imidazole rings is 2. The molecule has 10 nitrogen and oxygen atoms in total. The summed E-state index contributed by atoms with van der Waals surface area (Å²) in [4.78, 5) is 45.1. The summed E-state index contributed by atoms with van der Waals surface area (Å²) in [6, 6.07) is 31.3. The third-order valence-corrected chi connectivity index (χ3v) is 9.24. The summed E-state index contributed by atoms with van der Waals surface area (Å²) in [5.74, 6) is -1.15. The van der Waals surface area contributed by atoms with Gasteiger partial charge in [0.05, 0.1) is 60.5 Å². The molecule has 2 aliphatic heterocycles. The van der Waals surface area contributed by atoms with Crippen LogP contribution in [0.2, 0.25) is 0 Å². The minimum absolute atomic E-state index is 0.0261. The predicted molar refractivity (Wildman–Crippen MR) is 197 cm³/mol. The van der Waals surface area contributed by atoms with Gasteiger partial charge in [0.1, 0.15) is 20.5 Å². The Labute approximate surface area is 303 Å². The van der Waals surface area contributed by atoms with Gasteiger partial charge in [0.15, 0.2) is 11.4 Å². The first kappa shape index (κ1) is 32.3. The summed E-state index contributed by atoms with van der Waals surface area (Å²) in [6.07, 6.45) is 3.51. The summed E-state index contributed by atoms with van der Waals surface area (Å²) < 4.78 is 15.8. The Morgan fingerprint density at radius 1 is 0.667 bits per heavy atom. The van der Waals surface area contributed by atoms with E-state index in [1.165, 1.54) is 0 Å². The van der Waals surface area contributed by atoms with Crippen LogP contribution in [0, 0.1) is 0 Å². The van der Waals surface area contributed by atoms with E-state index in [0.29, 0.717) is 16.9 Å². The van der Waals surface area contributed by atoms with Crippen molar-refractivity contribution in [3.8, 4) is 11.4 Å². The van der Waals surface area contributed by atoms with Crippen LogP contribution in [-0.4, -0.2) is 63.5 Å². The van der Waals surface area contributed by atoms with Crippen LogP contribution in [0.1, 0.15) is 61.0 Å². The standard InChI is InChI=1S/C39H28BBrN6O4/c40-26-12-14-30-28(18-26)34(24-8-3-1-4-9-24)42-20-32-36(44-22-46(30)32)38(48)50-16-7-17-51-39(49)37-33-21-43-35(25-10-5-2-6-11-25)29-19-27(41)13-15-31(29)47(33)23-45-37/h1-6,8-15,18-19,22-23H,7,16-17,20-21H2. The molecule has 2 radical (unpaired) electrons. The molecular formula is C39H28BBrN6O4. The zero-order valence-corrected chi connectivity index (χ0v) is 28.8. The van der Waals surface area contributed by atoms with Crippen molar-refractivity contribution in [3.05, 3.63) is 159 Å². The van der Waals surface area contributed by atoms with E-state index in [1.807, 2.05) is 106 Å². The van der Waals surface area contributed by atoms with Crippen LogP contribution in [0.5, 0.6) is 0 Å². The number of benzene rings is 4. The minimum atomic E-state index is -0.581. The van der Waals surface area contributed by atoms with Crippen molar-refractivity contribution in [2.75, 3.05) is 13.2 Å². The maximum Gasteiger partial charge on any atom is 0.358 e. The van der Waals surface area contributed by atoms with Gasteiger partial charge < -0.3 is 9.47 Å². The molecule has 6 aromatic rings. The molecule has 0 atom stereocenters. The van der Waals surface area contributed by atoms with E-state index in [2.05, 4.69) is 25.9 Å². The van der Waals surface area contributed by atoms with Gasteiger partial charge in [-0.25, -0.2) is 19.6 Å². The highest BCUT2D eigenvalue weighted by Gasteiger charge is 2.27. The zero-order valence-electron chi connectivity index (χ0n) is 27.2. The van der Waals surface area contributed by atoms with E-state index in [4.69, 9.17) is 27.3 Å². The van der Waals surface area contributed by atoms with Crippen LogP contribution in [-0.2, 0) is 22.6 Å². The second kappa shape index (κ2) is 13.8. The largest absolute Gasteiger partial charge is 0.461 e. The Kier molecular flexibility index (Phi) is 8.75. The van der Waals surface area contributed by atoms with E-state index in [9.17, 15) is 9.59 Å². The highest BCUT2D eigenvalue weighted by Crippen LogP contribution is 2.30. The molecule has 0 unspecified atom stereocenters. The second-order valence-electron chi connectivity index (χ2n) is 11.9. The van der Waals surface area contributed by atoms with E-state index < -0.39 is 11.9 Å². The van der Waals surface area contributed by atoms with Gasteiger partial charge in [-0.1, -0.05) is 94.2 Å². The van der Waals surface area contributed by atoms with E-state index in [0.717, 1.165) is 49.5 Å². The Bertz CT molecular complexity index is 2200. The number of ether oxygens (including phenoxy) is 2. The summed E-state index contributed by atoms with van der Waals surface area (Å²) in [5.41, 5.74) is 9.15. The lowest BCUT2D eigenvalue weighted by Gasteiger charge is -2.13. The van der Waals surface area contributed by atoms with Crippen LogP contribution in [0.15, 0.2) is 124 Å². The number of esters is 2. The predicted octanol–water partition coefficient (Wildman–Crippen LogP) is 5.72. The van der Waals surface area contributed by atoms with Crippen molar-refractivity contribution >= 4 is 52.6 Å². The summed E-state index contributed by atoms with van der Waals surface area (Å²) in [7, 11) is 6.16. The zero-order chi connectivity index (χ0) is 34.9. The first-order valence-electron chi connectivity index (χ1n) is 16.3. The maximum atomic E-state index is 13.2. The molecule has 12 heteroatoms. The number of rotatable bonds is 8. The lowest BCUT2D eigenvalue weighted by atomic mass is 9.90. The average molecular weight is 735 g/mol. The van der Waals surface area contributed by atoms with Gasteiger partial charge in [0, 0.05) is 33.1 Å². The van der Waals surface area contributed by atoms with Gasteiger partial charge in [-0.15, -0.1) is 0 Å². The highest BCUT2D eigenvalue weighted by atomic mass is 79.9. The number of carbonyl (C=O) groups excluding carboxylic acids is 2. The fourth-order valence-electron chi connectivity index (χ4n) is 6.36. The number of aromatic nitrogens is 4. The van der Waals surface area contributed by atoms with Crippen molar-refractivity contribution in [3.63, 3.8) is 0 Å². The van der Waals surface area contributed by atoms with Crippen molar-refractivity contribution in [2.45, 2.75) is 19.5 Å². The second-order valence-corrected chi connectivity index (χ2v) is 12.9. The van der Waals surface area contributed by atoms with Crippen molar-refractivity contribution in [1.82, 2.24) is 19.1 Å². The van der Waals surface area contributed by atoms with Crippen LogP contribution in [0.3, 0.4) is 0 Å². The molecule has 0 aliphatic carbocycles. The topological polar surface area (TPSA) is 113 Å². The molecule has 2 aliphatic rings. The summed E-state index contributed by atoms with van der Waals surface area (Å²) >= 11 is 3.58. The Morgan fingerprint density at radius 2 is 1.16 bits per heavy atom. The number of halogens is 1. The number of hydrogen-bond donors (Lipinski definition) is 0. The van der Waals surface area contributed by atoms with Crippen LogP contribution >= 0.6 is 15.9 Å². The quantitative estimate of drug-likeness (QED) is 0.112. The number of nitrogens with zero attached hydrogens (tertiary/aromatic N) is 6. The highest BCUT2D eigenvalue weighted by molar-refractivity contribution is 9.10. The van der Waals surface area contributed by atoms with Crippen LogP contribution < -0.4 is 5.46 Å². The molecule has 0 bridgehead atoms. The Hall–Kier alpha value is -5.88. The Balaban J connectivity index is 0.933. The molecule has 8 rings (SSSR count). The van der Waals surface area contributed by atoms with Gasteiger partial charge in [-0.2, -0.15) is 0 Å². The van der Waals surface area contributed by atoms with Gasteiger partial charge in [0.25, 0.3) is 0 Å². The third-order valence-electron chi connectivity index (χ3n) is 8.75. The lowest BCUT2D eigenvalue weighted by Crippen LogP contribution is -2.14. The number of hydrogen-bond acceptors (Lipinski definition) is 8. The molecule has 4 heterocycles. The van der Waals surface area contributed by atoms with Crippen LogP contribution in [0.25, 0.3) is 11.4 Å². The lowest BCUT2D eigenvalue weighted by molar-refractivity contribution is 0.0388. The number of carbonyl (C=O) groups is 2. The molecule has 0 spiro atoms. The Morgan fingerprint density at radius 3 is 1.69 bits per heavy atom. The van der Waals surface area contributed by atoms with Gasteiger partial charge in [-0.3, -0.25) is 19.1 Å². The maximum absolute atomic E-state index is 13.2. The van der Waals surface area contributed by atoms with E-state index in [-0.39, 0.29) is 44.1 Å². The fourth-order valence-corrected chi connectivity index (χ4v) is 6.72. The molecule has 0 saturated heterocycles. The number of fused-ring (bicyclic) bond motifs is 6. The molecule has 0 N–H and O–H groups in total. The van der Waals surface area contributed by atoms with Crippen LogP contribution in [0.4, 0.5) is 0 Å². The minimum Gasteiger partial charge on any atom is -0.461 e. The summed E-state index contributed by atoms with van der Waals surface area (Å²) in [5, 5.41) is 0. The van der Waals surface area contributed by atoms with Crippen molar-refractivity contribution in [1.29, 1.82) is 0 Å². The average Bonchev–Trinajstić information content (AvgIpc) is 3.69. The monoisotopic (exact) mass is 734 g/mol. The first-order chi connectivity index (χ1) is 25.0. The fraction of sp³-hybridized carbons (Fsp3) is 0.128. The first-order valence-corrected chi connectivity index (χ1v) is 17.1. The smallest absolute Gasteiger partial charge is 0.358 e. The molecule has 0 amide bonds. The molecule has 2 aromatic heterocycles. The molecule has 248 valence electrons. The van der Waals surface area contributed by atoms with Crippen molar-refractivity contribution in [2.24, 2.45) is 9.98 Å².